The van der Waals surface area contributed by atoms with Crippen molar-refractivity contribution in [3.8, 4) is 0 Å². The van der Waals surface area contributed by atoms with Crippen molar-refractivity contribution in [2.75, 3.05) is 13.1 Å². The highest BCUT2D eigenvalue weighted by Crippen LogP contribution is 2.26. The van der Waals surface area contributed by atoms with Gasteiger partial charge < -0.3 is 15.7 Å². The molecule has 0 aliphatic heterocycles. The van der Waals surface area contributed by atoms with Gasteiger partial charge in [-0.1, -0.05) is 23.2 Å². The second-order valence-corrected chi connectivity index (χ2v) is 5.52. The SMILES string of the molecule is O=C(O)CNC(=O)CNC(=O)c1cc(Cl)cc(Cl)c1I. The smallest absolute Gasteiger partial charge is 0.322 e. The van der Waals surface area contributed by atoms with Crippen molar-refractivity contribution in [3.05, 3.63) is 31.3 Å². The Morgan fingerprint density at radius 3 is 2.40 bits per heavy atom. The molecule has 3 N–H and O–H groups in total. The summed E-state index contributed by atoms with van der Waals surface area (Å²) in [6, 6.07) is 2.93. The molecule has 0 heterocycles. The lowest BCUT2D eigenvalue weighted by Crippen LogP contribution is -2.39. The maximum atomic E-state index is 11.9. The first kappa shape index (κ1) is 17.0. The zero-order valence-electron chi connectivity index (χ0n) is 9.87. The number of nitrogens with one attached hydrogen (secondary N) is 2. The summed E-state index contributed by atoms with van der Waals surface area (Å²) in [4.78, 5) is 33.4. The first-order chi connectivity index (χ1) is 9.31. The summed E-state index contributed by atoms with van der Waals surface area (Å²) in [7, 11) is 0. The van der Waals surface area contributed by atoms with Crippen LogP contribution in [0.15, 0.2) is 12.1 Å². The normalized spacial score (nSPS) is 9.95. The zero-order chi connectivity index (χ0) is 15.3. The van der Waals surface area contributed by atoms with Gasteiger partial charge in [0.2, 0.25) is 5.91 Å². The van der Waals surface area contributed by atoms with Crippen LogP contribution in [0.4, 0.5) is 0 Å². The average molecular weight is 431 g/mol. The number of amides is 2. The molecule has 0 unspecified atom stereocenters. The largest absolute Gasteiger partial charge is 0.480 e. The zero-order valence-corrected chi connectivity index (χ0v) is 13.5. The van der Waals surface area contributed by atoms with E-state index in [-0.39, 0.29) is 12.1 Å². The molecule has 0 fully saturated rings. The minimum absolute atomic E-state index is 0.245. The van der Waals surface area contributed by atoms with Crippen LogP contribution < -0.4 is 10.6 Å². The molecular formula is C11H9Cl2IN2O4. The number of aliphatic carboxylic acids is 1. The maximum absolute atomic E-state index is 11.9. The van der Waals surface area contributed by atoms with Crippen molar-refractivity contribution >= 4 is 63.6 Å². The lowest BCUT2D eigenvalue weighted by molar-refractivity contribution is -0.137. The third-order valence-electron chi connectivity index (χ3n) is 2.08. The molecule has 1 aromatic rings. The molecule has 0 saturated heterocycles. The van der Waals surface area contributed by atoms with E-state index >= 15 is 0 Å². The molecule has 0 radical (unpaired) electrons. The van der Waals surface area contributed by atoms with E-state index in [1.807, 2.05) is 22.6 Å². The number of carbonyl (C=O) groups is 3. The average Bonchev–Trinajstić information content (AvgIpc) is 2.37. The number of benzene rings is 1. The van der Waals surface area contributed by atoms with Gasteiger partial charge in [0.15, 0.2) is 0 Å². The summed E-state index contributed by atoms with van der Waals surface area (Å²) in [6.07, 6.45) is 0. The fourth-order valence-electron chi connectivity index (χ4n) is 1.21. The summed E-state index contributed by atoms with van der Waals surface area (Å²) in [5.41, 5.74) is 0.245. The molecule has 1 rings (SSSR count). The Bertz CT molecular complexity index is 566. The van der Waals surface area contributed by atoms with Crippen LogP contribution in [0.3, 0.4) is 0 Å². The summed E-state index contributed by atoms with van der Waals surface area (Å²) in [6.45, 7) is -0.846. The van der Waals surface area contributed by atoms with Gasteiger partial charge in [-0.15, -0.1) is 0 Å². The molecule has 2 amide bonds. The predicted molar refractivity (Wildman–Crippen MR) is 82.2 cm³/mol. The summed E-state index contributed by atoms with van der Waals surface area (Å²) in [5, 5.41) is 13.5. The molecule has 0 spiro atoms. The Balaban J connectivity index is 2.64. The molecule has 6 nitrogen and oxygen atoms in total. The number of hydrogen-bond donors (Lipinski definition) is 3. The van der Waals surface area contributed by atoms with Crippen molar-refractivity contribution in [2.24, 2.45) is 0 Å². The topological polar surface area (TPSA) is 95.5 Å². The first-order valence-corrected chi connectivity index (χ1v) is 7.06. The van der Waals surface area contributed by atoms with E-state index in [1.165, 1.54) is 12.1 Å². The Morgan fingerprint density at radius 2 is 1.80 bits per heavy atom. The van der Waals surface area contributed by atoms with Crippen LogP contribution in [-0.2, 0) is 9.59 Å². The molecule has 20 heavy (non-hydrogen) atoms. The van der Waals surface area contributed by atoms with E-state index in [1.54, 1.807) is 0 Å². The van der Waals surface area contributed by atoms with Crippen molar-refractivity contribution in [1.82, 2.24) is 10.6 Å². The van der Waals surface area contributed by atoms with Crippen LogP contribution in [-0.4, -0.2) is 36.0 Å². The quantitative estimate of drug-likeness (QED) is 0.487. The van der Waals surface area contributed by atoms with E-state index in [4.69, 9.17) is 28.3 Å². The van der Waals surface area contributed by atoms with Gasteiger partial charge in [0.05, 0.1) is 17.1 Å². The maximum Gasteiger partial charge on any atom is 0.322 e. The Morgan fingerprint density at radius 1 is 1.15 bits per heavy atom. The summed E-state index contributed by atoms with van der Waals surface area (Å²) >= 11 is 13.6. The van der Waals surface area contributed by atoms with Gasteiger partial charge in [-0.2, -0.15) is 0 Å². The van der Waals surface area contributed by atoms with Crippen LogP contribution in [0.25, 0.3) is 0 Å². The summed E-state index contributed by atoms with van der Waals surface area (Å²) in [5.74, 6) is -2.30. The van der Waals surface area contributed by atoms with Gasteiger partial charge in [-0.05, 0) is 34.7 Å². The van der Waals surface area contributed by atoms with Gasteiger partial charge in [-0.25, -0.2) is 0 Å². The van der Waals surface area contributed by atoms with Crippen molar-refractivity contribution in [2.45, 2.75) is 0 Å². The standard InChI is InChI=1S/C11H9Cl2IN2O4/c12-5-1-6(10(14)7(13)2-5)11(20)16-3-8(17)15-4-9(18)19/h1-2H,3-4H2,(H,15,17)(H,16,20)(H,18,19). The van der Waals surface area contributed by atoms with Crippen LogP contribution in [0.5, 0.6) is 0 Å². The van der Waals surface area contributed by atoms with Gasteiger partial charge in [0.25, 0.3) is 5.91 Å². The minimum Gasteiger partial charge on any atom is -0.480 e. The van der Waals surface area contributed by atoms with Crippen molar-refractivity contribution < 1.29 is 19.5 Å². The monoisotopic (exact) mass is 430 g/mol. The van der Waals surface area contributed by atoms with Gasteiger partial charge in [0.1, 0.15) is 6.54 Å². The molecule has 0 saturated carbocycles. The van der Waals surface area contributed by atoms with E-state index in [0.717, 1.165) is 0 Å². The van der Waals surface area contributed by atoms with Gasteiger partial charge >= 0.3 is 5.97 Å². The van der Waals surface area contributed by atoms with Crippen molar-refractivity contribution in [1.29, 1.82) is 0 Å². The number of carboxylic acids is 1. The third kappa shape index (κ3) is 5.14. The Kier molecular flexibility index (Phi) is 6.50. The van der Waals surface area contributed by atoms with Crippen LogP contribution in [0, 0.1) is 3.57 Å². The molecular weight excluding hydrogens is 422 g/mol. The third-order valence-corrected chi connectivity index (χ3v) is 4.08. The number of carbonyl (C=O) groups excluding carboxylic acids is 2. The van der Waals surface area contributed by atoms with Gasteiger partial charge in [-0.3, -0.25) is 14.4 Å². The minimum atomic E-state index is -1.17. The molecule has 0 bridgehead atoms. The molecule has 0 aliphatic rings. The highest BCUT2D eigenvalue weighted by atomic mass is 127. The number of rotatable bonds is 5. The highest BCUT2D eigenvalue weighted by Gasteiger charge is 2.15. The molecule has 0 aliphatic carbocycles. The molecule has 108 valence electrons. The van der Waals surface area contributed by atoms with E-state index in [9.17, 15) is 14.4 Å². The lowest BCUT2D eigenvalue weighted by atomic mass is 10.2. The fraction of sp³-hybridized carbons (Fsp3) is 0.182. The number of hydrogen-bond acceptors (Lipinski definition) is 3. The lowest BCUT2D eigenvalue weighted by Gasteiger charge is -2.08. The predicted octanol–water partition coefficient (Wildman–Crippen LogP) is 1.53. The van der Waals surface area contributed by atoms with Crippen molar-refractivity contribution in [3.63, 3.8) is 0 Å². The Labute approximate surface area is 138 Å². The number of halogens is 3. The number of carboxylic acid groups (broad SMARTS) is 1. The fourth-order valence-corrected chi connectivity index (χ4v) is 2.26. The van der Waals surface area contributed by atoms with E-state index < -0.39 is 24.3 Å². The Hall–Kier alpha value is -1.06. The van der Waals surface area contributed by atoms with Crippen LogP contribution in [0.2, 0.25) is 10.0 Å². The van der Waals surface area contributed by atoms with Gasteiger partial charge in [0, 0.05) is 8.59 Å². The molecule has 0 aromatic heterocycles. The second-order valence-electron chi connectivity index (χ2n) is 3.60. The van der Waals surface area contributed by atoms with E-state index in [0.29, 0.717) is 13.6 Å². The second kappa shape index (κ2) is 7.65. The van der Waals surface area contributed by atoms with Crippen LogP contribution >= 0.6 is 45.8 Å². The highest BCUT2D eigenvalue weighted by molar-refractivity contribution is 14.1. The molecule has 0 atom stereocenters. The molecule has 1 aromatic carbocycles. The summed E-state index contributed by atoms with van der Waals surface area (Å²) < 4.78 is 0.511. The molecule has 9 heteroatoms. The first-order valence-electron chi connectivity index (χ1n) is 5.22. The van der Waals surface area contributed by atoms with Crippen LogP contribution in [0.1, 0.15) is 10.4 Å². The van der Waals surface area contributed by atoms with E-state index in [2.05, 4.69) is 10.6 Å².